The van der Waals surface area contributed by atoms with Crippen molar-refractivity contribution in [1.82, 2.24) is 9.80 Å². The number of piperazine rings is 1. The first-order valence-electron chi connectivity index (χ1n) is 10.00. The molecule has 1 fully saturated rings. The predicted molar refractivity (Wildman–Crippen MR) is 112 cm³/mol. The van der Waals surface area contributed by atoms with Crippen molar-refractivity contribution in [2.75, 3.05) is 39.3 Å². The summed E-state index contributed by atoms with van der Waals surface area (Å²) in [6, 6.07) is 13.3. The van der Waals surface area contributed by atoms with Crippen LogP contribution >= 0.6 is 0 Å². The molecule has 0 spiro atoms. The second-order valence-electron chi connectivity index (χ2n) is 7.52. The molecule has 2 aromatic carbocycles. The number of aliphatic hydroxyl groups is 1. The third kappa shape index (κ3) is 5.82. The normalized spacial score (nSPS) is 17.7. The van der Waals surface area contributed by atoms with Crippen molar-refractivity contribution in [2.45, 2.75) is 18.9 Å². The van der Waals surface area contributed by atoms with Crippen LogP contribution in [0.3, 0.4) is 0 Å². The van der Waals surface area contributed by atoms with Gasteiger partial charge in [-0.2, -0.15) is 0 Å². The summed E-state index contributed by atoms with van der Waals surface area (Å²) in [4.78, 5) is 25.3. The van der Waals surface area contributed by atoms with Crippen molar-refractivity contribution < 1.29 is 15.0 Å². The lowest BCUT2D eigenvalue weighted by Gasteiger charge is -2.40. The Kier molecular flexibility index (Phi) is 7.45. The van der Waals surface area contributed by atoms with E-state index in [0.717, 1.165) is 56.7 Å². The minimum atomic E-state index is -0.401. The number of nitrogens with zero attached hydrogens (tertiary/aromatic N) is 4. The molecule has 9 heteroatoms. The van der Waals surface area contributed by atoms with E-state index < -0.39 is 9.85 Å². The van der Waals surface area contributed by atoms with Gasteiger partial charge >= 0.3 is 0 Å². The van der Waals surface area contributed by atoms with E-state index in [1.165, 1.54) is 24.3 Å². The molecule has 9 nitrogen and oxygen atoms in total. The van der Waals surface area contributed by atoms with Crippen LogP contribution in [0, 0.1) is 20.2 Å². The molecular weight excluding hydrogens is 388 g/mol. The summed E-state index contributed by atoms with van der Waals surface area (Å²) in [7, 11) is 0. The van der Waals surface area contributed by atoms with Crippen LogP contribution in [0.15, 0.2) is 48.5 Å². The fraction of sp³-hybridized carbons (Fsp3) is 0.429. The zero-order valence-electron chi connectivity index (χ0n) is 16.7. The molecule has 1 aliphatic rings. The van der Waals surface area contributed by atoms with Gasteiger partial charge in [0.1, 0.15) is 0 Å². The SMILES string of the molecule is O=[N+]([O-])c1ccc(CCN2CCN(CCc3ccc([N+](=O)[O-])cc3)C(CO)C2)cc1. The third-order valence-electron chi connectivity index (χ3n) is 5.60. The van der Waals surface area contributed by atoms with Crippen molar-refractivity contribution in [3.05, 3.63) is 79.9 Å². The topological polar surface area (TPSA) is 113 Å². The highest BCUT2D eigenvalue weighted by Crippen LogP contribution is 2.16. The van der Waals surface area contributed by atoms with Gasteiger partial charge in [-0.3, -0.25) is 25.1 Å². The maximum atomic E-state index is 10.8. The number of non-ortho nitro benzene ring substituents is 2. The van der Waals surface area contributed by atoms with E-state index >= 15 is 0 Å². The summed E-state index contributed by atoms with van der Waals surface area (Å²) >= 11 is 0. The van der Waals surface area contributed by atoms with Crippen LogP contribution in [0.2, 0.25) is 0 Å². The van der Waals surface area contributed by atoms with Gasteiger partial charge in [0, 0.05) is 63.0 Å². The second-order valence-corrected chi connectivity index (χ2v) is 7.52. The average Bonchev–Trinajstić information content (AvgIpc) is 2.77. The minimum Gasteiger partial charge on any atom is -0.395 e. The molecule has 1 atom stereocenters. The number of nitro groups is 2. The summed E-state index contributed by atoms with van der Waals surface area (Å²) in [5.41, 5.74) is 2.29. The van der Waals surface area contributed by atoms with Crippen molar-refractivity contribution in [1.29, 1.82) is 0 Å². The summed E-state index contributed by atoms with van der Waals surface area (Å²) in [5.74, 6) is 0. The Bertz CT molecular complexity index is 857. The first kappa shape index (κ1) is 21.8. The predicted octanol–water partition coefficient (Wildman–Crippen LogP) is 2.27. The van der Waals surface area contributed by atoms with Gasteiger partial charge in [0.2, 0.25) is 0 Å². The molecule has 0 bridgehead atoms. The van der Waals surface area contributed by atoms with Crippen LogP contribution < -0.4 is 0 Å². The first-order valence-corrected chi connectivity index (χ1v) is 10.00. The number of rotatable bonds is 9. The van der Waals surface area contributed by atoms with Crippen LogP contribution in [0.4, 0.5) is 11.4 Å². The van der Waals surface area contributed by atoms with Gasteiger partial charge in [-0.15, -0.1) is 0 Å². The van der Waals surface area contributed by atoms with Gasteiger partial charge in [-0.25, -0.2) is 0 Å². The lowest BCUT2D eigenvalue weighted by atomic mass is 10.1. The van der Waals surface area contributed by atoms with Crippen LogP contribution in [-0.2, 0) is 12.8 Å². The number of aliphatic hydroxyl groups excluding tert-OH is 1. The largest absolute Gasteiger partial charge is 0.395 e. The van der Waals surface area contributed by atoms with Gasteiger partial charge in [0.05, 0.1) is 16.5 Å². The van der Waals surface area contributed by atoms with Gasteiger partial charge < -0.3 is 10.0 Å². The molecule has 0 saturated carbocycles. The van der Waals surface area contributed by atoms with E-state index in [4.69, 9.17) is 0 Å². The van der Waals surface area contributed by atoms with Gasteiger partial charge in [0.15, 0.2) is 0 Å². The second kappa shape index (κ2) is 10.2. The standard InChI is InChI=1S/C21H26N4O5/c26-16-21-15-22(11-9-17-1-5-19(6-2-17)24(27)28)13-14-23(21)12-10-18-3-7-20(8-4-18)25(29)30/h1-8,21,26H,9-16H2. The summed E-state index contributed by atoms with van der Waals surface area (Å²) in [6.07, 6.45) is 1.58. The van der Waals surface area contributed by atoms with Crippen LogP contribution in [-0.4, -0.2) is 70.1 Å². The molecular formula is C21H26N4O5. The van der Waals surface area contributed by atoms with Crippen molar-refractivity contribution in [2.24, 2.45) is 0 Å². The van der Waals surface area contributed by atoms with Gasteiger partial charge in [-0.1, -0.05) is 24.3 Å². The molecule has 0 aromatic heterocycles. The average molecular weight is 414 g/mol. The molecule has 160 valence electrons. The Morgan fingerprint density at radius 3 is 1.80 bits per heavy atom. The summed E-state index contributed by atoms with van der Waals surface area (Å²) in [5, 5.41) is 31.3. The highest BCUT2D eigenvalue weighted by molar-refractivity contribution is 5.33. The molecule has 1 aliphatic heterocycles. The van der Waals surface area contributed by atoms with E-state index in [9.17, 15) is 25.3 Å². The van der Waals surface area contributed by atoms with E-state index in [1.54, 1.807) is 24.3 Å². The van der Waals surface area contributed by atoms with E-state index in [2.05, 4.69) is 9.80 Å². The highest BCUT2D eigenvalue weighted by atomic mass is 16.6. The molecule has 0 radical (unpaired) electrons. The van der Waals surface area contributed by atoms with Gasteiger partial charge in [0.25, 0.3) is 11.4 Å². The summed E-state index contributed by atoms with van der Waals surface area (Å²) in [6.45, 7) is 4.21. The van der Waals surface area contributed by atoms with Crippen LogP contribution in [0.1, 0.15) is 11.1 Å². The Balaban J connectivity index is 1.47. The number of hydrogen-bond acceptors (Lipinski definition) is 7. The summed E-state index contributed by atoms with van der Waals surface area (Å²) < 4.78 is 0. The molecule has 1 unspecified atom stereocenters. The number of benzene rings is 2. The van der Waals surface area contributed by atoms with Gasteiger partial charge in [-0.05, 0) is 24.0 Å². The van der Waals surface area contributed by atoms with Crippen molar-refractivity contribution in [3.63, 3.8) is 0 Å². The smallest absolute Gasteiger partial charge is 0.269 e. The van der Waals surface area contributed by atoms with Crippen LogP contribution in [0.25, 0.3) is 0 Å². The molecule has 2 aromatic rings. The van der Waals surface area contributed by atoms with Crippen LogP contribution in [0.5, 0.6) is 0 Å². The Morgan fingerprint density at radius 1 is 0.833 bits per heavy atom. The van der Waals surface area contributed by atoms with E-state index in [-0.39, 0.29) is 24.0 Å². The Morgan fingerprint density at radius 2 is 1.33 bits per heavy atom. The zero-order valence-corrected chi connectivity index (χ0v) is 16.7. The monoisotopic (exact) mass is 414 g/mol. The highest BCUT2D eigenvalue weighted by Gasteiger charge is 2.26. The van der Waals surface area contributed by atoms with E-state index in [1.807, 2.05) is 0 Å². The number of nitro benzene ring substituents is 2. The Labute approximate surface area is 174 Å². The minimum absolute atomic E-state index is 0.0497. The molecule has 3 rings (SSSR count). The lowest BCUT2D eigenvalue weighted by molar-refractivity contribution is -0.385. The van der Waals surface area contributed by atoms with Crippen molar-refractivity contribution >= 4 is 11.4 Å². The molecule has 1 saturated heterocycles. The number of hydrogen-bond donors (Lipinski definition) is 1. The maximum Gasteiger partial charge on any atom is 0.269 e. The molecule has 0 amide bonds. The molecule has 1 heterocycles. The molecule has 30 heavy (non-hydrogen) atoms. The quantitative estimate of drug-likeness (QED) is 0.495. The maximum absolute atomic E-state index is 10.8. The first-order chi connectivity index (χ1) is 14.5. The fourth-order valence-electron chi connectivity index (χ4n) is 3.76. The molecule has 1 N–H and O–H groups in total. The third-order valence-corrected chi connectivity index (χ3v) is 5.60. The van der Waals surface area contributed by atoms with E-state index in [0.29, 0.717) is 0 Å². The van der Waals surface area contributed by atoms with Crippen molar-refractivity contribution in [3.8, 4) is 0 Å². The fourth-order valence-corrected chi connectivity index (χ4v) is 3.76. The Hall–Kier alpha value is -2.88. The zero-order chi connectivity index (χ0) is 21.5. The lowest BCUT2D eigenvalue weighted by Crippen LogP contribution is -2.55. The molecule has 0 aliphatic carbocycles.